The summed E-state index contributed by atoms with van der Waals surface area (Å²) < 4.78 is 0. The SMILES string of the molecule is Nc1c(C(=O)NC2(CC(=O)O)CCC2)cccc1[N+](=O)[O-]. The van der Waals surface area contributed by atoms with E-state index in [0.29, 0.717) is 12.8 Å². The molecule has 0 spiro atoms. The summed E-state index contributed by atoms with van der Waals surface area (Å²) in [5.74, 6) is -1.58. The highest BCUT2D eigenvalue weighted by atomic mass is 16.6. The van der Waals surface area contributed by atoms with Crippen LogP contribution in [0.15, 0.2) is 18.2 Å². The Kier molecular flexibility index (Phi) is 3.79. The van der Waals surface area contributed by atoms with E-state index < -0.39 is 22.3 Å². The topological polar surface area (TPSA) is 136 Å². The van der Waals surface area contributed by atoms with Gasteiger partial charge in [0.1, 0.15) is 5.69 Å². The first-order valence-electron chi connectivity index (χ1n) is 6.42. The number of carbonyl (C=O) groups excluding carboxylic acids is 1. The second kappa shape index (κ2) is 5.39. The summed E-state index contributed by atoms with van der Waals surface area (Å²) in [4.78, 5) is 33.2. The van der Waals surface area contributed by atoms with Gasteiger partial charge in [-0.05, 0) is 25.3 Å². The fourth-order valence-corrected chi connectivity index (χ4v) is 2.46. The minimum absolute atomic E-state index is 0.0131. The number of carbonyl (C=O) groups is 2. The number of amides is 1. The first-order chi connectivity index (χ1) is 9.84. The van der Waals surface area contributed by atoms with Crippen molar-refractivity contribution < 1.29 is 19.6 Å². The molecule has 0 heterocycles. The van der Waals surface area contributed by atoms with Crippen molar-refractivity contribution in [2.75, 3.05) is 5.73 Å². The van der Waals surface area contributed by atoms with E-state index in [1.54, 1.807) is 0 Å². The largest absolute Gasteiger partial charge is 0.481 e. The van der Waals surface area contributed by atoms with Crippen molar-refractivity contribution in [2.45, 2.75) is 31.2 Å². The summed E-state index contributed by atoms with van der Waals surface area (Å²) in [5.41, 5.74) is 4.29. The number of nitrogens with one attached hydrogen (secondary N) is 1. The van der Waals surface area contributed by atoms with Crippen molar-refractivity contribution in [1.82, 2.24) is 5.32 Å². The number of para-hydroxylation sites is 1. The zero-order chi connectivity index (χ0) is 15.6. The number of hydrogen-bond acceptors (Lipinski definition) is 5. The highest BCUT2D eigenvalue weighted by molar-refractivity contribution is 6.01. The van der Waals surface area contributed by atoms with Crippen LogP contribution < -0.4 is 11.1 Å². The summed E-state index contributed by atoms with van der Waals surface area (Å²) >= 11 is 0. The van der Waals surface area contributed by atoms with Gasteiger partial charge in [0.25, 0.3) is 11.6 Å². The minimum Gasteiger partial charge on any atom is -0.481 e. The third kappa shape index (κ3) is 2.93. The number of nitrogen functional groups attached to an aromatic ring is 1. The predicted molar refractivity (Wildman–Crippen MR) is 73.8 cm³/mol. The maximum Gasteiger partial charge on any atom is 0.305 e. The van der Waals surface area contributed by atoms with E-state index in [0.717, 1.165) is 6.42 Å². The van der Waals surface area contributed by atoms with Crippen molar-refractivity contribution in [1.29, 1.82) is 0 Å². The normalized spacial score (nSPS) is 15.8. The smallest absolute Gasteiger partial charge is 0.305 e. The van der Waals surface area contributed by atoms with Gasteiger partial charge in [0.15, 0.2) is 0 Å². The molecule has 112 valence electrons. The molecule has 0 saturated heterocycles. The first-order valence-corrected chi connectivity index (χ1v) is 6.42. The van der Waals surface area contributed by atoms with Crippen molar-refractivity contribution >= 4 is 23.3 Å². The first kappa shape index (κ1) is 14.8. The van der Waals surface area contributed by atoms with Crippen LogP contribution in [-0.2, 0) is 4.79 Å². The van der Waals surface area contributed by atoms with Gasteiger partial charge >= 0.3 is 5.97 Å². The molecule has 1 aromatic rings. The minimum atomic E-state index is -0.998. The number of carboxylic acid groups (broad SMARTS) is 1. The van der Waals surface area contributed by atoms with Gasteiger partial charge < -0.3 is 16.2 Å². The predicted octanol–water partition coefficient (Wildman–Crippen LogP) is 1.30. The third-order valence-corrected chi connectivity index (χ3v) is 3.70. The number of carboxylic acids is 1. The Bertz CT molecular complexity index is 610. The van der Waals surface area contributed by atoms with Crippen LogP contribution in [-0.4, -0.2) is 27.4 Å². The van der Waals surface area contributed by atoms with E-state index in [1.165, 1.54) is 18.2 Å². The number of nitro groups is 1. The molecule has 0 aromatic heterocycles. The van der Waals surface area contributed by atoms with Crippen LogP contribution in [0.3, 0.4) is 0 Å². The van der Waals surface area contributed by atoms with Crippen molar-refractivity contribution in [3.05, 3.63) is 33.9 Å². The van der Waals surface area contributed by atoms with E-state index in [4.69, 9.17) is 10.8 Å². The van der Waals surface area contributed by atoms with Gasteiger partial charge in [-0.2, -0.15) is 0 Å². The molecular formula is C13H15N3O5. The maximum absolute atomic E-state index is 12.2. The third-order valence-electron chi connectivity index (χ3n) is 3.70. The second-order valence-electron chi connectivity index (χ2n) is 5.15. The van der Waals surface area contributed by atoms with Crippen LogP contribution in [0.5, 0.6) is 0 Å². The zero-order valence-corrected chi connectivity index (χ0v) is 11.2. The summed E-state index contributed by atoms with van der Waals surface area (Å²) in [6.45, 7) is 0. The molecule has 0 unspecified atom stereocenters. The molecule has 0 aliphatic heterocycles. The molecule has 21 heavy (non-hydrogen) atoms. The van der Waals surface area contributed by atoms with E-state index in [1.807, 2.05) is 0 Å². The molecule has 1 fully saturated rings. The Morgan fingerprint density at radius 3 is 2.57 bits per heavy atom. The molecule has 1 amide bonds. The van der Waals surface area contributed by atoms with Gasteiger partial charge in [-0.3, -0.25) is 19.7 Å². The van der Waals surface area contributed by atoms with Gasteiger partial charge in [-0.15, -0.1) is 0 Å². The van der Waals surface area contributed by atoms with Crippen LogP contribution >= 0.6 is 0 Å². The lowest BCUT2D eigenvalue weighted by Crippen LogP contribution is -2.54. The number of nitrogens with zero attached hydrogens (tertiary/aromatic N) is 1. The summed E-state index contributed by atoms with van der Waals surface area (Å²) in [6, 6.07) is 3.96. The quantitative estimate of drug-likeness (QED) is 0.425. The molecule has 1 aliphatic carbocycles. The molecule has 1 saturated carbocycles. The van der Waals surface area contributed by atoms with Gasteiger partial charge in [0, 0.05) is 6.07 Å². The van der Waals surface area contributed by atoms with Gasteiger partial charge in [0.05, 0.1) is 22.4 Å². The zero-order valence-electron chi connectivity index (χ0n) is 11.2. The lowest BCUT2D eigenvalue weighted by Gasteiger charge is -2.41. The fraction of sp³-hybridized carbons (Fsp3) is 0.385. The van der Waals surface area contributed by atoms with E-state index in [-0.39, 0.29) is 23.4 Å². The van der Waals surface area contributed by atoms with Crippen LogP contribution in [0.1, 0.15) is 36.0 Å². The number of benzene rings is 1. The number of hydrogen-bond donors (Lipinski definition) is 3. The monoisotopic (exact) mass is 293 g/mol. The average Bonchev–Trinajstić information content (AvgIpc) is 2.35. The van der Waals surface area contributed by atoms with Crippen molar-refractivity contribution in [3.8, 4) is 0 Å². The van der Waals surface area contributed by atoms with Crippen LogP contribution in [0.2, 0.25) is 0 Å². The van der Waals surface area contributed by atoms with Crippen molar-refractivity contribution in [2.24, 2.45) is 0 Å². The molecule has 2 rings (SSSR count). The van der Waals surface area contributed by atoms with Crippen molar-refractivity contribution in [3.63, 3.8) is 0 Å². The summed E-state index contributed by atoms with van der Waals surface area (Å²) in [6.07, 6.45) is 1.80. The molecule has 0 atom stereocenters. The number of anilines is 1. The van der Waals surface area contributed by atoms with Gasteiger partial charge in [0.2, 0.25) is 0 Å². The lowest BCUT2D eigenvalue weighted by atomic mass is 9.74. The Balaban J connectivity index is 2.23. The van der Waals surface area contributed by atoms with E-state index in [2.05, 4.69) is 5.32 Å². The van der Waals surface area contributed by atoms with Gasteiger partial charge in [-0.1, -0.05) is 6.07 Å². The summed E-state index contributed by atoms with van der Waals surface area (Å²) in [7, 11) is 0. The average molecular weight is 293 g/mol. The standard InChI is InChI=1S/C13H15N3O5/c14-11-8(3-1-4-9(11)16(20)21)12(19)15-13(5-2-6-13)7-10(17)18/h1,3-4H,2,5-7,14H2,(H,15,19)(H,17,18). The Morgan fingerprint density at radius 1 is 1.43 bits per heavy atom. The molecular weight excluding hydrogens is 278 g/mol. The molecule has 0 radical (unpaired) electrons. The number of aliphatic carboxylic acids is 1. The highest BCUT2D eigenvalue weighted by Gasteiger charge is 2.40. The number of nitro benzene ring substituents is 1. The fourth-order valence-electron chi connectivity index (χ4n) is 2.46. The molecule has 1 aliphatic rings. The van der Waals surface area contributed by atoms with Crippen LogP contribution in [0.4, 0.5) is 11.4 Å². The van der Waals surface area contributed by atoms with Gasteiger partial charge in [-0.25, -0.2) is 0 Å². The Morgan fingerprint density at radius 2 is 2.10 bits per heavy atom. The molecule has 0 bridgehead atoms. The molecule has 1 aromatic carbocycles. The maximum atomic E-state index is 12.2. The molecule has 8 heteroatoms. The Labute approximate surface area is 120 Å². The Hall–Kier alpha value is -2.64. The van der Waals surface area contributed by atoms with Crippen LogP contribution in [0.25, 0.3) is 0 Å². The van der Waals surface area contributed by atoms with Crippen LogP contribution in [0, 0.1) is 10.1 Å². The number of rotatable bonds is 5. The second-order valence-corrected chi connectivity index (χ2v) is 5.15. The van der Waals surface area contributed by atoms with E-state index >= 15 is 0 Å². The molecule has 8 nitrogen and oxygen atoms in total. The molecule has 4 N–H and O–H groups in total. The lowest BCUT2D eigenvalue weighted by molar-refractivity contribution is -0.383. The highest BCUT2D eigenvalue weighted by Crippen LogP contribution is 2.35. The number of nitrogens with two attached hydrogens (primary N) is 1. The summed E-state index contributed by atoms with van der Waals surface area (Å²) in [5, 5.41) is 22.4. The van der Waals surface area contributed by atoms with E-state index in [9.17, 15) is 19.7 Å².